The summed E-state index contributed by atoms with van der Waals surface area (Å²) in [7, 11) is 0. The Labute approximate surface area is 257 Å². The van der Waals surface area contributed by atoms with Gasteiger partial charge in [-0.2, -0.15) is 0 Å². The normalized spacial score (nSPS) is 18.9. The van der Waals surface area contributed by atoms with Gasteiger partial charge >= 0.3 is 0 Å². The van der Waals surface area contributed by atoms with Gasteiger partial charge in [0.2, 0.25) is 0 Å². The number of nitrogens with zero attached hydrogens (tertiary/aromatic N) is 4. The Hall–Kier alpha value is -3.95. The molecule has 226 valence electrons. The van der Waals surface area contributed by atoms with Gasteiger partial charge in [0.15, 0.2) is 0 Å². The molecule has 4 heterocycles. The monoisotopic (exact) mass is 604 g/mol. The Morgan fingerprint density at radius 1 is 1.23 bits per heavy atom. The predicted molar refractivity (Wildman–Crippen MR) is 169 cm³/mol. The molecular formula is C33H38ClFN6O2. The lowest BCUT2D eigenvalue weighted by Crippen LogP contribution is -2.58. The first-order chi connectivity index (χ1) is 20.6. The van der Waals surface area contributed by atoms with Crippen molar-refractivity contribution in [1.82, 2.24) is 20.2 Å². The highest BCUT2D eigenvalue weighted by Gasteiger charge is 2.45. The van der Waals surface area contributed by atoms with Crippen molar-refractivity contribution in [2.45, 2.75) is 59.1 Å². The zero-order valence-electron chi connectivity index (χ0n) is 25.2. The van der Waals surface area contributed by atoms with Crippen LogP contribution in [0.15, 0.2) is 66.3 Å². The van der Waals surface area contributed by atoms with Crippen molar-refractivity contribution < 1.29 is 14.3 Å². The molecule has 0 bridgehead atoms. The van der Waals surface area contributed by atoms with Crippen LogP contribution in [0.25, 0.3) is 0 Å². The number of aromatic nitrogens is 2. The molecular weight excluding hydrogens is 567 g/mol. The zero-order valence-corrected chi connectivity index (χ0v) is 26.0. The summed E-state index contributed by atoms with van der Waals surface area (Å²) in [5.74, 6) is 0.885. The summed E-state index contributed by atoms with van der Waals surface area (Å²) in [6, 6.07) is 8.81. The Kier molecular flexibility index (Phi) is 8.76. The second kappa shape index (κ2) is 12.3. The number of carbonyl (C=O) groups is 1. The van der Waals surface area contributed by atoms with Crippen molar-refractivity contribution >= 4 is 34.8 Å². The van der Waals surface area contributed by atoms with Crippen molar-refractivity contribution in [2.24, 2.45) is 0 Å². The molecule has 0 aliphatic carbocycles. The van der Waals surface area contributed by atoms with Gasteiger partial charge in [-0.15, -0.1) is 0 Å². The van der Waals surface area contributed by atoms with Crippen LogP contribution in [0.1, 0.15) is 56.4 Å². The first-order valence-corrected chi connectivity index (χ1v) is 14.9. The molecule has 0 radical (unpaired) electrons. The van der Waals surface area contributed by atoms with Gasteiger partial charge in [0.25, 0.3) is 5.91 Å². The summed E-state index contributed by atoms with van der Waals surface area (Å²) in [5.41, 5.74) is 4.82. The first kappa shape index (κ1) is 30.5. The number of benzene rings is 1. The van der Waals surface area contributed by atoms with Gasteiger partial charge in [-0.25, -0.2) is 14.4 Å². The highest BCUT2D eigenvalue weighted by atomic mass is 35.5. The highest BCUT2D eigenvalue weighted by Crippen LogP contribution is 2.51. The number of halogens is 2. The number of amides is 1. The number of rotatable bonds is 9. The summed E-state index contributed by atoms with van der Waals surface area (Å²) in [4.78, 5) is 26.2. The van der Waals surface area contributed by atoms with Gasteiger partial charge < -0.3 is 25.5 Å². The number of allylic oxidation sites excluding steroid dienone is 2. The standard InChI is InChI=1S/C33H38ClFN6O2/c1-6-20(3)13-36-26(7-2)32(43)40-16-23(17-40)39-31-21(4)29-27(15-38-31)41(28-12-11-22(18-42)14-37-28)19-33(29,5)24-9-8-10-25(34)30(24)35/h7-15,23,36,42H,6,16-19H2,1-5H3,(H,38,39)/b20-13?,26-7-/t33-/m1/s1. The second-order valence-corrected chi connectivity index (χ2v) is 11.8. The number of nitrogens with one attached hydrogen (secondary N) is 2. The number of hydrogen-bond acceptors (Lipinski definition) is 7. The van der Waals surface area contributed by atoms with Crippen molar-refractivity contribution in [1.29, 1.82) is 0 Å². The molecule has 2 aliphatic heterocycles. The molecule has 1 aromatic carbocycles. The summed E-state index contributed by atoms with van der Waals surface area (Å²) in [5, 5.41) is 16.2. The average molecular weight is 605 g/mol. The van der Waals surface area contributed by atoms with Crippen molar-refractivity contribution in [3.8, 4) is 0 Å². The minimum Gasteiger partial charge on any atom is -0.392 e. The van der Waals surface area contributed by atoms with E-state index in [1.807, 2.05) is 50.9 Å². The molecule has 0 saturated carbocycles. The van der Waals surface area contributed by atoms with Crippen molar-refractivity contribution in [3.63, 3.8) is 0 Å². The Morgan fingerprint density at radius 3 is 2.65 bits per heavy atom. The van der Waals surface area contributed by atoms with Crippen LogP contribution in [-0.4, -0.2) is 51.6 Å². The van der Waals surface area contributed by atoms with Crippen LogP contribution in [0.4, 0.5) is 21.7 Å². The lowest BCUT2D eigenvalue weighted by molar-refractivity contribution is -0.131. The van der Waals surface area contributed by atoms with E-state index < -0.39 is 11.2 Å². The van der Waals surface area contributed by atoms with Crippen molar-refractivity contribution in [2.75, 3.05) is 29.9 Å². The maximum atomic E-state index is 15.6. The zero-order chi connectivity index (χ0) is 30.9. The number of likely N-dealkylation sites (tertiary alicyclic amines) is 1. The van der Waals surface area contributed by atoms with Gasteiger partial charge in [0, 0.05) is 43.0 Å². The molecule has 3 aromatic rings. The van der Waals surface area contributed by atoms with Crippen LogP contribution >= 0.6 is 11.6 Å². The van der Waals surface area contributed by atoms with Crippen molar-refractivity contribution in [3.05, 3.63) is 99.4 Å². The molecule has 2 aromatic heterocycles. The number of pyridine rings is 2. The lowest BCUT2D eigenvalue weighted by Gasteiger charge is -2.40. The first-order valence-electron chi connectivity index (χ1n) is 14.5. The fourth-order valence-corrected chi connectivity index (χ4v) is 5.99. The summed E-state index contributed by atoms with van der Waals surface area (Å²) >= 11 is 6.26. The maximum Gasteiger partial charge on any atom is 0.270 e. The second-order valence-electron chi connectivity index (χ2n) is 11.4. The van der Waals surface area contributed by atoms with Crippen LogP contribution in [-0.2, 0) is 16.8 Å². The number of aliphatic hydroxyl groups excluding tert-OH is 1. The SMILES string of the molecule is C/C=C(\NC=C(C)CC)C(=O)N1CC(Nc2ncc3c(c2C)[C@@](C)(c2cccc(Cl)c2F)CN3c2ccc(CO)cn2)C1. The molecule has 5 rings (SSSR count). The Balaban J connectivity index is 1.43. The summed E-state index contributed by atoms with van der Waals surface area (Å²) in [6.45, 7) is 11.4. The molecule has 1 atom stereocenters. The number of anilines is 3. The highest BCUT2D eigenvalue weighted by molar-refractivity contribution is 6.30. The van der Waals surface area contributed by atoms with E-state index in [1.54, 1.807) is 41.6 Å². The largest absolute Gasteiger partial charge is 0.392 e. The molecule has 0 unspecified atom stereocenters. The van der Waals surface area contributed by atoms with E-state index in [0.29, 0.717) is 48.1 Å². The number of carbonyl (C=O) groups excluding carboxylic acids is 1. The van der Waals surface area contributed by atoms with E-state index in [4.69, 9.17) is 16.6 Å². The van der Waals surface area contributed by atoms with E-state index in [1.165, 1.54) is 0 Å². The van der Waals surface area contributed by atoms with E-state index >= 15 is 4.39 Å². The molecule has 43 heavy (non-hydrogen) atoms. The van der Waals surface area contributed by atoms with Gasteiger partial charge in [-0.05, 0) is 62.9 Å². The molecule has 1 fully saturated rings. The van der Waals surface area contributed by atoms with Gasteiger partial charge in [0.05, 0.1) is 35.3 Å². The average Bonchev–Trinajstić information content (AvgIpc) is 3.30. The van der Waals surface area contributed by atoms with Crippen LogP contribution in [0.5, 0.6) is 0 Å². The summed E-state index contributed by atoms with van der Waals surface area (Å²) < 4.78 is 15.6. The predicted octanol–water partition coefficient (Wildman–Crippen LogP) is 5.96. The minimum atomic E-state index is -0.761. The van der Waals surface area contributed by atoms with E-state index in [0.717, 1.165) is 28.8 Å². The fraction of sp³-hybridized carbons (Fsp3) is 0.364. The molecule has 10 heteroatoms. The number of hydrogen-bond donors (Lipinski definition) is 3. The van der Waals surface area contributed by atoms with E-state index in [9.17, 15) is 9.90 Å². The Morgan fingerprint density at radius 2 is 2.00 bits per heavy atom. The fourth-order valence-electron chi connectivity index (χ4n) is 5.82. The maximum absolute atomic E-state index is 15.6. The third-order valence-electron chi connectivity index (χ3n) is 8.49. The van der Waals surface area contributed by atoms with E-state index in [2.05, 4.69) is 22.5 Å². The topological polar surface area (TPSA) is 93.6 Å². The summed E-state index contributed by atoms with van der Waals surface area (Å²) in [6.07, 6.45) is 8.02. The Bertz CT molecular complexity index is 1580. The molecule has 0 spiro atoms. The van der Waals surface area contributed by atoms with Crippen LogP contribution < -0.4 is 15.5 Å². The third-order valence-corrected chi connectivity index (χ3v) is 8.79. The number of fused-ring (bicyclic) bond motifs is 1. The smallest absolute Gasteiger partial charge is 0.270 e. The van der Waals surface area contributed by atoms with Gasteiger partial charge in [-0.3, -0.25) is 4.79 Å². The van der Waals surface area contributed by atoms with Crippen LogP contribution in [0, 0.1) is 12.7 Å². The van der Waals surface area contributed by atoms with Crippen LogP contribution in [0.2, 0.25) is 5.02 Å². The number of aliphatic hydroxyl groups is 1. The van der Waals surface area contributed by atoms with Gasteiger partial charge in [-0.1, -0.05) is 48.4 Å². The lowest BCUT2D eigenvalue weighted by atomic mass is 9.76. The molecule has 2 aliphatic rings. The van der Waals surface area contributed by atoms with E-state index in [-0.39, 0.29) is 23.6 Å². The molecule has 3 N–H and O–H groups in total. The molecule has 1 saturated heterocycles. The third kappa shape index (κ3) is 5.71. The van der Waals surface area contributed by atoms with Crippen LogP contribution in [0.3, 0.4) is 0 Å². The van der Waals surface area contributed by atoms with Gasteiger partial charge in [0.1, 0.15) is 17.5 Å². The minimum absolute atomic E-state index is 0.0265. The molecule has 8 nitrogen and oxygen atoms in total. The molecule has 1 amide bonds. The quantitative estimate of drug-likeness (QED) is 0.260.